The second-order valence-electron chi connectivity index (χ2n) is 10.6. The third-order valence-electron chi connectivity index (χ3n) is 7.33. The van der Waals surface area contributed by atoms with Gasteiger partial charge in [0.25, 0.3) is 0 Å². The van der Waals surface area contributed by atoms with E-state index in [0.717, 1.165) is 6.42 Å². The molecule has 6 rings (SSSR count). The molecule has 38 heavy (non-hydrogen) atoms. The summed E-state index contributed by atoms with van der Waals surface area (Å²) in [6.45, 7) is 7.16. The van der Waals surface area contributed by atoms with Crippen molar-refractivity contribution in [3.05, 3.63) is 143 Å². The Morgan fingerprint density at radius 2 is 1.05 bits per heavy atom. The summed E-state index contributed by atoms with van der Waals surface area (Å²) in [6.07, 6.45) is 4.89. The van der Waals surface area contributed by atoms with E-state index in [0.29, 0.717) is 0 Å². The van der Waals surface area contributed by atoms with Crippen LogP contribution in [0.1, 0.15) is 44.2 Å². The van der Waals surface area contributed by atoms with E-state index in [1.165, 1.54) is 43.8 Å². The van der Waals surface area contributed by atoms with Crippen LogP contribution in [0.2, 0.25) is 0 Å². The fourth-order valence-electron chi connectivity index (χ4n) is 6.03. The molecule has 0 heterocycles. The molecule has 0 unspecified atom stereocenters. The van der Waals surface area contributed by atoms with Crippen molar-refractivity contribution in [1.82, 2.24) is 0 Å². The van der Waals surface area contributed by atoms with Crippen LogP contribution in [0, 0.1) is 11.5 Å². The fraction of sp³-hybridized carbons (Fsp3) is 0.176. The van der Waals surface area contributed by atoms with Crippen molar-refractivity contribution < 1.29 is 51.0 Å². The van der Waals surface area contributed by atoms with Crippen LogP contribution >= 0.6 is 0 Å². The van der Waals surface area contributed by atoms with Crippen molar-refractivity contribution in [2.24, 2.45) is 5.41 Å². The Labute approximate surface area is 260 Å². The van der Waals surface area contributed by atoms with E-state index in [4.69, 9.17) is 0 Å². The van der Waals surface area contributed by atoms with Gasteiger partial charge < -0.3 is 24.8 Å². The molecule has 0 aliphatic heterocycles. The van der Waals surface area contributed by atoms with Crippen LogP contribution in [-0.4, -0.2) is 8.80 Å². The second-order valence-corrected chi connectivity index (χ2v) is 13.1. The molecule has 0 bridgehead atoms. The molecular formula is C34H30Cl2SiZr. The summed E-state index contributed by atoms with van der Waals surface area (Å²) in [5, 5.41) is 4.50. The Hall–Kier alpha value is -1.96. The molecule has 2 aliphatic rings. The third-order valence-corrected chi connectivity index (χ3v) is 10.2. The van der Waals surface area contributed by atoms with E-state index < -0.39 is 8.80 Å². The zero-order valence-electron chi connectivity index (χ0n) is 21.9. The molecule has 188 valence electrons. The van der Waals surface area contributed by atoms with Gasteiger partial charge in [-0.05, 0) is 22.3 Å². The van der Waals surface area contributed by atoms with Gasteiger partial charge in [0.05, 0.1) is 0 Å². The van der Waals surface area contributed by atoms with E-state index >= 15 is 0 Å². The minimum absolute atomic E-state index is 0. The minimum atomic E-state index is -1.13. The molecule has 2 aliphatic carbocycles. The van der Waals surface area contributed by atoms with Crippen LogP contribution < -0.4 is 35.2 Å². The molecule has 0 atom stereocenters. The van der Waals surface area contributed by atoms with Gasteiger partial charge in [-0.2, -0.15) is 10.8 Å². The van der Waals surface area contributed by atoms with E-state index in [1.807, 2.05) is 0 Å². The molecule has 4 heteroatoms. The van der Waals surface area contributed by atoms with Crippen molar-refractivity contribution in [2.45, 2.75) is 33.1 Å². The topological polar surface area (TPSA) is 0 Å². The molecule has 2 radical (unpaired) electrons. The SMILES string of the molecule is CC(C)(C)C1=C([Si](c2ccccc2)c2ccccc2)C[C-]=C1C1c2ccccc2-c2ccccc21.[Cl-].[Cl-].[Zr+3]. The zero-order chi connectivity index (χ0) is 24.0. The number of fused-ring (bicyclic) bond motifs is 3. The smallest absolute Gasteiger partial charge is 1.00 e. The van der Waals surface area contributed by atoms with E-state index in [9.17, 15) is 0 Å². The second kappa shape index (κ2) is 12.5. The Kier molecular flexibility index (Phi) is 10.0. The number of allylic oxidation sites excluding steroid dienone is 4. The number of hydrogen-bond acceptors (Lipinski definition) is 0. The Balaban J connectivity index is 0.00000133. The molecule has 0 N–H and O–H groups in total. The average molecular weight is 629 g/mol. The molecule has 0 saturated heterocycles. The normalized spacial score (nSPS) is 14.2. The number of benzene rings is 4. The van der Waals surface area contributed by atoms with Gasteiger partial charge >= 0.3 is 26.2 Å². The van der Waals surface area contributed by atoms with Gasteiger partial charge in [0.1, 0.15) is 8.80 Å². The van der Waals surface area contributed by atoms with Crippen molar-refractivity contribution in [3.8, 4) is 11.1 Å². The Morgan fingerprint density at radius 3 is 1.50 bits per heavy atom. The van der Waals surface area contributed by atoms with Crippen molar-refractivity contribution in [2.75, 3.05) is 0 Å². The number of halogens is 2. The monoisotopic (exact) mass is 626 g/mol. The molecule has 0 spiro atoms. The summed E-state index contributed by atoms with van der Waals surface area (Å²) in [5.74, 6) is 0.254. The van der Waals surface area contributed by atoms with Crippen LogP contribution in [0.3, 0.4) is 0 Å². The predicted octanol–water partition coefficient (Wildman–Crippen LogP) is 1.13. The average Bonchev–Trinajstić information content (AvgIpc) is 3.45. The zero-order valence-corrected chi connectivity index (χ0v) is 26.9. The standard InChI is InChI=1S/C34H30Si.2ClH.Zr/c1-34(2,3)33-30(32-28-20-12-10-18-26(28)27-19-11-13-21-29(27)32)22-23-31(33)35(24-14-6-4-7-15-24)25-16-8-5-9-17-25;;;/h4-21,32H,23H2,1-3H3;2*1H;/q-1;;;+3/p-2. The third kappa shape index (κ3) is 5.39. The molecule has 0 nitrogen and oxygen atoms in total. The van der Waals surface area contributed by atoms with E-state index in [2.05, 4.69) is 136 Å². The van der Waals surface area contributed by atoms with Gasteiger partial charge in [-0.15, -0.1) is 6.42 Å². The predicted molar refractivity (Wildman–Crippen MR) is 149 cm³/mol. The van der Waals surface area contributed by atoms with Gasteiger partial charge in [0, 0.05) is 5.92 Å². The van der Waals surface area contributed by atoms with Crippen molar-refractivity contribution >= 4 is 19.2 Å². The van der Waals surface area contributed by atoms with Crippen LogP contribution in [0.25, 0.3) is 11.1 Å². The molecular weight excluding hydrogens is 599 g/mol. The maximum absolute atomic E-state index is 3.98. The molecule has 0 fully saturated rings. The summed E-state index contributed by atoms with van der Waals surface area (Å²) in [5.41, 5.74) is 8.55. The number of rotatable bonds is 4. The van der Waals surface area contributed by atoms with Gasteiger partial charge in [-0.25, -0.2) is 5.57 Å². The Bertz CT molecular complexity index is 1370. The molecule has 4 aromatic carbocycles. The first-order chi connectivity index (χ1) is 17.0. The summed E-state index contributed by atoms with van der Waals surface area (Å²) in [6, 6.07) is 40.3. The van der Waals surface area contributed by atoms with Crippen molar-refractivity contribution in [3.63, 3.8) is 0 Å². The maximum Gasteiger partial charge on any atom is 3.00 e. The van der Waals surface area contributed by atoms with Crippen LogP contribution in [-0.2, 0) is 26.2 Å². The van der Waals surface area contributed by atoms with Crippen LogP contribution in [0.5, 0.6) is 0 Å². The van der Waals surface area contributed by atoms with Gasteiger partial charge in [0.15, 0.2) is 0 Å². The number of hydrogen-bond donors (Lipinski definition) is 0. The molecule has 4 aromatic rings. The molecule has 0 saturated carbocycles. The summed E-state index contributed by atoms with van der Waals surface area (Å²) in [7, 11) is -1.13. The molecule has 0 aromatic heterocycles. The van der Waals surface area contributed by atoms with Gasteiger partial charge in [-0.3, -0.25) is 6.08 Å². The summed E-state index contributed by atoms with van der Waals surface area (Å²) < 4.78 is 0. The first-order valence-corrected chi connectivity index (χ1v) is 14.0. The summed E-state index contributed by atoms with van der Waals surface area (Å²) in [4.78, 5) is 0. The minimum Gasteiger partial charge on any atom is -1.00 e. The van der Waals surface area contributed by atoms with Crippen LogP contribution in [0.4, 0.5) is 0 Å². The maximum atomic E-state index is 3.98. The fourth-order valence-corrected chi connectivity index (χ4v) is 9.14. The van der Waals surface area contributed by atoms with Gasteiger partial charge in [0.2, 0.25) is 0 Å². The largest absolute Gasteiger partial charge is 3.00 e. The van der Waals surface area contributed by atoms with Crippen LogP contribution in [0.15, 0.2) is 126 Å². The Morgan fingerprint density at radius 1 is 0.632 bits per heavy atom. The molecule has 0 amide bonds. The first kappa shape index (κ1) is 30.6. The summed E-state index contributed by atoms with van der Waals surface area (Å²) >= 11 is 0. The first-order valence-electron chi connectivity index (χ1n) is 12.5. The quantitative estimate of drug-likeness (QED) is 0.235. The van der Waals surface area contributed by atoms with Crippen molar-refractivity contribution in [1.29, 1.82) is 0 Å². The van der Waals surface area contributed by atoms with Gasteiger partial charge in [-0.1, -0.05) is 146 Å². The van der Waals surface area contributed by atoms with E-state index in [1.54, 1.807) is 5.20 Å². The van der Waals surface area contributed by atoms with E-state index in [-0.39, 0.29) is 62.4 Å².